The normalized spacial score (nSPS) is 11.2. The van der Waals surface area contributed by atoms with Gasteiger partial charge >= 0.3 is 0 Å². The van der Waals surface area contributed by atoms with Gasteiger partial charge in [-0.25, -0.2) is 0 Å². The van der Waals surface area contributed by atoms with Gasteiger partial charge in [-0.05, 0) is 12.8 Å². The first-order valence-electron chi connectivity index (χ1n) is 3.59. The van der Waals surface area contributed by atoms with Crippen LogP contribution in [0.25, 0.3) is 0 Å². The molecule has 0 aromatic carbocycles. The lowest BCUT2D eigenvalue weighted by molar-refractivity contribution is 0.312. The topological polar surface area (TPSA) is 75.7 Å². The van der Waals surface area contributed by atoms with Gasteiger partial charge < -0.3 is 10.9 Å². The molecule has 4 nitrogen and oxygen atoms in total. The molecule has 0 rings (SSSR count). The predicted molar refractivity (Wildman–Crippen MR) is 50.8 cm³/mol. The second-order valence-corrected chi connectivity index (χ2v) is 3.09. The third-order valence-corrected chi connectivity index (χ3v) is 1.82. The Labute approximate surface area is 82.0 Å². The lowest BCUT2D eigenvalue weighted by Gasteiger charge is -2.02. The van der Waals surface area contributed by atoms with Crippen molar-refractivity contribution in [2.75, 3.05) is 12.4 Å². The fraction of sp³-hybridized carbons (Fsp3) is 1.00. The van der Waals surface area contributed by atoms with Crippen LogP contribution in [-0.4, -0.2) is 23.0 Å². The lowest BCUT2D eigenvalue weighted by Crippen LogP contribution is -2.13. The summed E-state index contributed by atoms with van der Waals surface area (Å²) in [5, 5.41) is 8.04. The Morgan fingerprint density at radius 2 is 2.00 bits per heavy atom. The third kappa shape index (κ3) is 16.5. The van der Waals surface area contributed by atoms with Crippen LogP contribution < -0.4 is 5.73 Å². The Morgan fingerprint density at radius 3 is 2.33 bits per heavy atom. The molecule has 0 heterocycles. The van der Waals surface area contributed by atoms with Gasteiger partial charge in [-0.1, -0.05) is 6.42 Å². The summed E-state index contributed by atoms with van der Waals surface area (Å²) in [6.45, 7) is 0.573. The van der Waals surface area contributed by atoms with E-state index in [0.717, 1.165) is 25.1 Å². The standard InChI is InChI=1S/C6H13Cl2N.HNO2/c7-4-2-1-3-6(8)5-9;2-1-3/h6H,1-5,9H2;(H,2,3). The lowest BCUT2D eigenvalue weighted by atomic mass is 10.2. The molecule has 0 aliphatic heterocycles. The molecule has 0 saturated heterocycles. The molecule has 0 aliphatic carbocycles. The first-order valence-corrected chi connectivity index (χ1v) is 4.56. The summed E-state index contributed by atoms with van der Waals surface area (Å²) in [5.41, 5.74) is 5.29. The number of nitrogens with two attached hydrogens (primary N) is 1. The predicted octanol–water partition coefficient (Wildman–Crippen LogP) is 2.10. The molecule has 3 N–H and O–H groups in total. The zero-order chi connectivity index (χ0) is 9.82. The van der Waals surface area contributed by atoms with Gasteiger partial charge in [0.05, 0.1) is 0 Å². The van der Waals surface area contributed by atoms with Gasteiger partial charge in [0.15, 0.2) is 5.34 Å². The summed E-state index contributed by atoms with van der Waals surface area (Å²) in [6.07, 6.45) is 3.13. The molecule has 0 fully saturated rings. The smallest absolute Gasteiger partial charge is 0.152 e. The number of unbranched alkanes of at least 4 members (excludes halogenated alkanes) is 1. The molecule has 12 heavy (non-hydrogen) atoms. The van der Waals surface area contributed by atoms with Gasteiger partial charge in [-0.15, -0.1) is 28.1 Å². The number of nitrogens with zero attached hydrogens (tertiary/aromatic N) is 1. The van der Waals surface area contributed by atoms with Gasteiger partial charge in [0.25, 0.3) is 0 Å². The molecule has 6 heteroatoms. The van der Waals surface area contributed by atoms with Crippen molar-refractivity contribution in [1.82, 2.24) is 0 Å². The van der Waals surface area contributed by atoms with Crippen LogP contribution in [0.5, 0.6) is 0 Å². The minimum atomic E-state index is 0.146. The number of alkyl halides is 2. The Kier molecular flexibility index (Phi) is 16.3. The van der Waals surface area contributed by atoms with Crippen LogP contribution in [0.4, 0.5) is 0 Å². The molecule has 74 valence electrons. The van der Waals surface area contributed by atoms with Crippen LogP contribution in [0.1, 0.15) is 19.3 Å². The van der Waals surface area contributed by atoms with E-state index in [4.69, 9.17) is 39.0 Å². The molecule has 0 saturated carbocycles. The van der Waals surface area contributed by atoms with Crippen LogP contribution in [0, 0.1) is 4.91 Å². The van der Waals surface area contributed by atoms with Crippen LogP contribution >= 0.6 is 23.2 Å². The van der Waals surface area contributed by atoms with Crippen molar-refractivity contribution in [3.05, 3.63) is 4.91 Å². The number of rotatable bonds is 5. The van der Waals surface area contributed by atoms with E-state index in [1.165, 1.54) is 5.34 Å². The monoisotopic (exact) mass is 216 g/mol. The average molecular weight is 217 g/mol. The summed E-state index contributed by atoms with van der Waals surface area (Å²) in [5.74, 6) is 0.730. The van der Waals surface area contributed by atoms with Gasteiger partial charge in [0.1, 0.15) is 0 Å². The first kappa shape index (κ1) is 14.5. The Bertz CT molecular complexity index is 95.6. The maximum absolute atomic E-state index is 8.11. The fourth-order valence-corrected chi connectivity index (χ4v) is 0.921. The Balaban J connectivity index is 0. The summed E-state index contributed by atoms with van der Waals surface area (Å²) >= 11 is 11.2. The van der Waals surface area contributed by atoms with Gasteiger partial charge in [-0.2, -0.15) is 0 Å². The van der Waals surface area contributed by atoms with Crippen molar-refractivity contribution in [2.45, 2.75) is 24.6 Å². The minimum Gasteiger partial charge on any atom is -0.379 e. The molecule has 1 atom stereocenters. The Morgan fingerprint density at radius 1 is 1.50 bits per heavy atom. The largest absolute Gasteiger partial charge is 0.379 e. The van der Waals surface area contributed by atoms with Crippen molar-refractivity contribution in [3.63, 3.8) is 0 Å². The highest BCUT2D eigenvalue weighted by molar-refractivity contribution is 6.20. The molecule has 0 radical (unpaired) electrons. The molecule has 0 aromatic heterocycles. The van der Waals surface area contributed by atoms with Crippen molar-refractivity contribution in [3.8, 4) is 0 Å². The van der Waals surface area contributed by atoms with Crippen molar-refractivity contribution >= 4 is 23.2 Å². The minimum absolute atomic E-state index is 0.146. The quantitative estimate of drug-likeness (QED) is 0.320. The van der Waals surface area contributed by atoms with Gasteiger partial charge in [0, 0.05) is 17.8 Å². The maximum atomic E-state index is 8.11. The van der Waals surface area contributed by atoms with Crippen molar-refractivity contribution in [2.24, 2.45) is 11.1 Å². The second kappa shape index (κ2) is 13.5. The number of halogens is 2. The van der Waals surface area contributed by atoms with Gasteiger partial charge in [-0.3, -0.25) is 0 Å². The highest BCUT2D eigenvalue weighted by Gasteiger charge is 1.98. The molecular formula is C6H14Cl2N2O2. The van der Waals surface area contributed by atoms with Gasteiger partial charge in [0.2, 0.25) is 0 Å². The molecule has 1 unspecified atom stereocenters. The van der Waals surface area contributed by atoms with E-state index < -0.39 is 0 Å². The van der Waals surface area contributed by atoms with E-state index in [1.54, 1.807) is 0 Å². The highest BCUT2D eigenvalue weighted by atomic mass is 35.5. The zero-order valence-electron chi connectivity index (χ0n) is 6.75. The van der Waals surface area contributed by atoms with Crippen LogP contribution in [0.2, 0.25) is 0 Å². The first-order chi connectivity index (χ1) is 5.72. The third-order valence-electron chi connectivity index (χ3n) is 1.16. The van der Waals surface area contributed by atoms with E-state index in [-0.39, 0.29) is 5.38 Å². The van der Waals surface area contributed by atoms with Crippen LogP contribution in [0.3, 0.4) is 0 Å². The molecule has 0 aromatic rings. The molecule has 0 amide bonds. The van der Waals surface area contributed by atoms with Crippen molar-refractivity contribution in [1.29, 1.82) is 0 Å². The molecule has 0 spiro atoms. The fourth-order valence-electron chi connectivity index (χ4n) is 0.578. The SMILES string of the molecule is NCC(Cl)CCCCCl.O=NO. The summed E-state index contributed by atoms with van der Waals surface area (Å²) in [4.78, 5) is 8.11. The summed E-state index contributed by atoms with van der Waals surface area (Å²) in [6, 6.07) is 0. The number of hydrogen-bond donors (Lipinski definition) is 2. The molecular weight excluding hydrogens is 203 g/mol. The molecule has 0 aliphatic rings. The van der Waals surface area contributed by atoms with Crippen LogP contribution in [0.15, 0.2) is 5.34 Å². The summed E-state index contributed by atoms with van der Waals surface area (Å²) in [7, 11) is 0. The second-order valence-electron chi connectivity index (χ2n) is 2.10. The van der Waals surface area contributed by atoms with Crippen molar-refractivity contribution < 1.29 is 5.21 Å². The van der Waals surface area contributed by atoms with Crippen LogP contribution in [-0.2, 0) is 0 Å². The number of hydrogen-bond acceptors (Lipinski definition) is 3. The van der Waals surface area contributed by atoms with E-state index in [2.05, 4.69) is 0 Å². The molecule has 0 bridgehead atoms. The Hall–Kier alpha value is -0.0600. The van der Waals surface area contributed by atoms with E-state index in [1.807, 2.05) is 0 Å². The van der Waals surface area contributed by atoms with E-state index >= 15 is 0 Å². The maximum Gasteiger partial charge on any atom is 0.152 e. The zero-order valence-corrected chi connectivity index (χ0v) is 8.26. The van der Waals surface area contributed by atoms with E-state index in [9.17, 15) is 0 Å². The average Bonchev–Trinajstić information content (AvgIpc) is 2.06. The highest BCUT2D eigenvalue weighted by Crippen LogP contribution is 2.05. The summed E-state index contributed by atoms with van der Waals surface area (Å²) < 4.78 is 0. The van der Waals surface area contributed by atoms with E-state index in [0.29, 0.717) is 6.54 Å².